The number of carbonyl (C=O) groups is 1. The Morgan fingerprint density at radius 3 is 2.60 bits per heavy atom. The van der Waals surface area contributed by atoms with Gasteiger partial charge >= 0.3 is 0 Å². The molecule has 1 amide bonds. The lowest BCUT2D eigenvalue weighted by atomic mass is 10.1. The zero-order chi connectivity index (χ0) is 14.7. The Hall–Kier alpha value is -2.14. The molecule has 0 aliphatic heterocycles. The van der Waals surface area contributed by atoms with E-state index in [1.807, 2.05) is 13.0 Å². The zero-order valence-corrected chi connectivity index (χ0v) is 11.9. The van der Waals surface area contributed by atoms with Crippen molar-refractivity contribution in [2.24, 2.45) is 0 Å². The van der Waals surface area contributed by atoms with E-state index in [1.165, 1.54) is 17.3 Å². The molecule has 1 N–H and O–H groups in total. The van der Waals surface area contributed by atoms with Crippen molar-refractivity contribution in [3.63, 3.8) is 0 Å². The van der Waals surface area contributed by atoms with E-state index < -0.39 is 0 Å². The topological polar surface area (TPSA) is 66.3 Å². The number of benzene rings is 1. The summed E-state index contributed by atoms with van der Waals surface area (Å²) >= 11 is 5.64. The van der Waals surface area contributed by atoms with Gasteiger partial charge in [0.25, 0.3) is 5.91 Å². The summed E-state index contributed by atoms with van der Waals surface area (Å²) in [6.07, 6.45) is 2.66. The van der Waals surface area contributed by atoms with Gasteiger partial charge in [0.2, 0.25) is 0 Å². The molecule has 0 saturated heterocycles. The van der Waals surface area contributed by atoms with Crippen molar-refractivity contribution in [3.05, 3.63) is 53.1 Å². The second-order valence-electron chi connectivity index (χ2n) is 4.38. The van der Waals surface area contributed by atoms with Crippen LogP contribution in [0, 0.1) is 0 Å². The van der Waals surface area contributed by atoms with Crippen LogP contribution in [0.2, 0.25) is 5.15 Å². The first-order chi connectivity index (χ1) is 9.50. The van der Waals surface area contributed by atoms with E-state index in [4.69, 9.17) is 11.6 Å². The second-order valence-corrected chi connectivity index (χ2v) is 4.76. The summed E-state index contributed by atoms with van der Waals surface area (Å²) in [6, 6.07) is 6.62. The first kappa shape index (κ1) is 14.3. The lowest BCUT2D eigenvalue weighted by Crippen LogP contribution is -2.30. The maximum absolute atomic E-state index is 12.3. The van der Waals surface area contributed by atoms with Crippen LogP contribution in [0.4, 0.5) is 0 Å². The van der Waals surface area contributed by atoms with Gasteiger partial charge in [0.15, 0.2) is 0 Å². The summed E-state index contributed by atoms with van der Waals surface area (Å²) in [7, 11) is 1.65. The monoisotopic (exact) mass is 291 g/mol. The minimum absolute atomic E-state index is 0.154. The summed E-state index contributed by atoms with van der Waals surface area (Å²) in [5.74, 6) is -0.133. The summed E-state index contributed by atoms with van der Waals surface area (Å²) < 4.78 is 0. The van der Waals surface area contributed by atoms with Crippen molar-refractivity contribution < 1.29 is 9.90 Å². The molecule has 2 aromatic rings. The molecule has 6 heteroatoms. The molecule has 1 aromatic heterocycles. The predicted octanol–water partition coefficient (Wildman–Crippen LogP) is 2.67. The van der Waals surface area contributed by atoms with Gasteiger partial charge in [0, 0.05) is 12.6 Å². The van der Waals surface area contributed by atoms with Gasteiger partial charge in [0.1, 0.15) is 16.6 Å². The van der Waals surface area contributed by atoms with Gasteiger partial charge in [-0.15, -0.1) is 0 Å². The Labute approximate surface area is 121 Å². The van der Waals surface area contributed by atoms with E-state index in [0.29, 0.717) is 5.56 Å². The van der Waals surface area contributed by atoms with Crippen LogP contribution in [0.25, 0.3) is 0 Å². The zero-order valence-electron chi connectivity index (χ0n) is 11.1. The number of para-hydroxylation sites is 1. The molecule has 0 saturated carbocycles. The Balaban J connectivity index is 2.22. The van der Waals surface area contributed by atoms with Gasteiger partial charge in [-0.3, -0.25) is 4.79 Å². The number of rotatable bonds is 3. The number of halogens is 1. The number of hydrogen-bond donors (Lipinski definition) is 1. The average Bonchev–Trinajstić information content (AvgIpc) is 2.46. The van der Waals surface area contributed by atoms with Crippen LogP contribution in [0.1, 0.15) is 29.0 Å². The molecule has 0 fully saturated rings. The van der Waals surface area contributed by atoms with Crippen molar-refractivity contribution in [1.29, 1.82) is 0 Å². The number of aromatic hydroxyl groups is 1. The third-order valence-electron chi connectivity index (χ3n) is 3.13. The molecular formula is C14H14ClN3O2. The van der Waals surface area contributed by atoms with Crippen LogP contribution in [-0.4, -0.2) is 32.9 Å². The number of carbonyl (C=O) groups excluding carboxylic acids is 1. The number of phenols is 1. The number of phenolic OH excluding ortho intramolecular Hbond substituents is 1. The highest BCUT2D eigenvalue weighted by molar-refractivity contribution is 6.29. The Morgan fingerprint density at radius 1 is 1.30 bits per heavy atom. The lowest BCUT2D eigenvalue weighted by molar-refractivity contribution is 0.0735. The summed E-state index contributed by atoms with van der Waals surface area (Å²) in [4.78, 5) is 21.6. The van der Waals surface area contributed by atoms with Crippen LogP contribution in [0.5, 0.6) is 5.75 Å². The number of nitrogens with zero attached hydrogens (tertiary/aromatic N) is 3. The Bertz CT molecular complexity index is 616. The Kier molecular flexibility index (Phi) is 4.20. The van der Waals surface area contributed by atoms with Gasteiger partial charge in [-0.05, 0) is 13.0 Å². The van der Waals surface area contributed by atoms with Gasteiger partial charge in [-0.2, -0.15) is 0 Å². The number of aromatic nitrogens is 2. The summed E-state index contributed by atoms with van der Waals surface area (Å²) in [6.45, 7) is 1.83. The van der Waals surface area contributed by atoms with Crippen molar-refractivity contribution in [2.75, 3.05) is 7.05 Å². The molecule has 20 heavy (non-hydrogen) atoms. The van der Waals surface area contributed by atoms with Crippen LogP contribution < -0.4 is 0 Å². The van der Waals surface area contributed by atoms with Crippen LogP contribution >= 0.6 is 11.6 Å². The molecule has 1 heterocycles. The van der Waals surface area contributed by atoms with Gasteiger partial charge in [0.05, 0.1) is 18.4 Å². The molecule has 2 rings (SSSR count). The maximum Gasteiger partial charge on any atom is 0.274 e. The minimum Gasteiger partial charge on any atom is -0.508 e. The third-order valence-corrected chi connectivity index (χ3v) is 3.32. The summed E-state index contributed by atoms with van der Waals surface area (Å²) in [5.41, 5.74) is 0.879. The van der Waals surface area contributed by atoms with Crippen molar-refractivity contribution in [1.82, 2.24) is 14.9 Å². The molecular weight excluding hydrogens is 278 g/mol. The molecule has 0 bridgehead atoms. The second kappa shape index (κ2) is 5.88. The fraction of sp³-hybridized carbons (Fsp3) is 0.214. The fourth-order valence-electron chi connectivity index (χ4n) is 1.83. The molecule has 0 radical (unpaired) electrons. The Morgan fingerprint density at radius 2 is 2.00 bits per heavy atom. The quantitative estimate of drug-likeness (QED) is 0.944. The molecule has 1 aromatic carbocycles. The van der Waals surface area contributed by atoms with E-state index in [9.17, 15) is 9.90 Å². The fourth-order valence-corrected chi connectivity index (χ4v) is 1.93. The third kappa shape index (κ3) is 2.88. The molecule has 1 atom stereocenters. The van der Waals surface area contributed by atoms with Crippen LogP contribution in [0.15, 0.2) is 36.7 Å². The van der Waals surface area contributed by atoms with E-state index >= 15 is 0 Å². The smallest absolute Gasteiger partial charge is 0.274 e. The largest absolute Gasteiger partial charge is 0.508 e. The van der Waals surface area contributed by atoms with Gasteiger partial charge in [-0.25, -0.2) is 9.97 Å². The number of amides is 1. The van der Waals surface area contributed by atoms with E-state index in [0.717, 1.165) is 0 Å². The number of hydrogen-bond acceptors (Lipinski definition) is 4. The van der Waals surface area contributed by atoms with Crippen molar-refractivity contribution in [2.45, 2.75) is 13.0 Å². The highest BCUT2D eigenvalue weighted by Gasteiger charge is 2.21. The molecule has 104 valence electrons. The van der Waals surface area contributed by atoms with Gasteiger partial charge < -0.3 is 10.0 Å². The molecule has 1 unspecified atom stereocenters. The van der Waals surface area contributed by atoms with Crippen LogP contribution in [-0.2, 0) is 0 Å². The van der Waals surface area contributed by atoms with E-state index in [2.05, 4.69) is 9.97 Å². The highest BCUT2D eigenvalue weighted by Crippen LogP contribution is 2.27. The average molecular weight is 292 g/mol. The minimum atomic E-state index is -0.291. The van der Waals surface area contributed by atoms with E-state index in [-0.39, 0.29) is 28.5 Å². The standard InChI is InChI=1S/C14H14ClN3O2/c1-9(10-5-3-4-6-12(10)19)18(2)14(20)11-7-17-13(15)8-16-11/h3-9,19H,1-2H3. The summed E-state index contributed by atoms with van der Waals surface area (Å²) in [5, 5.41) is 10.1. The van der Waals surface area contributed by atoms with Crippen molar-refractivity contribution in [3.8, 4) is 5.75 Å². The SMILES string of the molecule is CC(c1ccccc1O)N(C)C(=O)c1cnc(Cl)cn1. The maximum atomic E-state index is 12.3. The van der Waals surface area contributed by atoms with E-state index in [1.54, 1.807) is 25.2 Å². The molecule has 0 aliphatic carbocycles. The molecule has 5 nitrogen and oxygen atoms in total. The van der Waals surface area contributed by atoms with Crippen LogP contribution in [0.3, 0.4) is 0 Å². The lowest BCUT2D eigenvalue weighted by Gasteiger charge is -2.25. The first-order valence-corrected chi connectivity index (χ1v) is 6.41. The first-order valence-electron chi connectivity index (χ1n) is 6.03. The highest BCUT2D eigenvalue weighted by atomic mass is 35.5. The normalized spacial score (nSPS) is 11.9. The predicted molar refractivity (Wildman–Crippen MR) is 75.7 cm³/mol. The van der Waals surface area contributed by atoms with Crippen molar-refractivity contribution >= 4 is 17.5 Å². The molecule has 0 spiro atoms. The molecule has 0 aliphatic rings. The van der Waals surface area contributed by atoms with Gasteiger partial charge in [-0.1, -0.05) is 29.8 Å².